The number of hydrogen-bond donors (Lipinski definition) is 1. The normalized spacial score (nSPS) is 13.6. The zero-order chi connectivity index (χ0) is 18.8. The van der Waals surface area contributed by atoms with Gasteiger partial charge in [0.15, 0.2) is 12.4 Å². The molecule has 1 aliphatic heterocycles. The molecule has 2 aromatic carbocycles. The Morgan fingerprint density at radius 1 is 1.19 bits per heavy atom. The van der Waals surface area contributed by atoms with E-state index in [2.05, 4.69) is 10.5 Å². The molecule has 8 nitrogen and oxygen atoms in total. The number of hydrogen-bond acceptors (Lipinski definition) is 6. The molecule has 27 heavy (non-hydrogen) atoms. The van der Waals surface area contributed by atoms with E-state index >= 15 is 0 Å². The van der Waals surface area contributed by atoms with E-state index in [-0.39, 0.29) is 12.1 Å². The summed E-state index contributed by atoms with van der Waals surface area (Å²) in [6, 6.07) is 13.7. The average molecular weight is 365 g/mol. The molecule has 0 radical (unpaired) electrons. The predicted octanol–water partition coefficient (Wildman–Crippen LogP) is 2.20. The second-order valence-electron chi connectivity index (χ2n) is 5.96. The number of nitrogens with one attached hydrogen (secondary N) is 1. The van der Waals surface area contributed by atoms with Gasteiger partial charge in [-0.1, -0.05) is 35.5 Å². The number of rotatable bonds is 4. The first-order valence-corrected chi connectivity index (χ1v) is 8.33. The number of amides is 3. The zero-order valence-corrected chi connectivity index (χ0v) is 14.2. The van der Waals surface area contributed by atoms with Crippen LogP contribution in [-0.4, -0.2) is 47.7 Å². The van der Waals surface area contributed by atoms with Gasteiger partial charge in [-0.2, -0.15) is 0 Å². The Hall–Kier alpha value is -3.68. The van der Waals surface area contributed by atoms with E-state index in [4.69, 9.17) is 9.26 Å². The number of ether oxygens (including phenoxy) is 1. The largest absolute Gasteiger partial charge is 0.452 e. The molecule has 0 bridgehead atoms. The molecule has 1 saturated heterocycles. The van der Waals surface area contributed by atoms with Crippen LogP contribution in [0.3, 0.4) is 0 Å². The number of carbonyl (C=O) groups is 3. The fourth-order valence-corrected chi connectivity index (χ4v) is 2.86. The molecule has 0 aliphatic carbocycles. The van der Waals surface area contributed by atoms with Gasteiger partial charge in [0.25, 0.3) is 5.91 Å². The van der Waals surface area contributed by atoms with Gasteiger partial charge in [-0.3, -0.25) is 9.69 Å². The maximum Gasteiger partial charge on any atom is 0.338 e. The summed E-state index contributed by atoms with van der Waals surface area (Å²) in [6.07, 6.45) is 0. The second-order valence-corrected chi connectivity index (χ2v) is 5.96. The van der Waals surface area contributed by atoms with Crippen molar-refractivity contribution in [2.45, 2.75) is 0 Å². The minimum Gasteiger partial charge on any atom is -0.452 e. The van der Waals surface area contributed by atoms with E-state index in [1.54, 1.807) is 18.2 Å². The SMILES string of the molecule is O=C(OCC(=O)N1CCNC1=O)c1ccc2noc(-c3ccccc3)c2c1. The maximum atomic E-state index is 12.3. The summed E-state index contributed by atoms with van der Waals surface area (Å²) in [4.78, 5) is 36.8. The summed E-state index contributed by atoms with van der Waals surface area (Å²) in [7, 11) is 0. The summed E-state index contributed by atoms with van der Waals surface area (Å²) in [5.41, 5.74) is 1.71. The molecule has 0 saturated carbocycles. The number of carbonyl (C=O) groups excluding carboxylic acids is 3. The van der Waals surface area contributed by atoms with Crippen LogP contribution in [0.25, 0.3) is 22.2 Å². The highest BCUT2D eigenvalue weighted by Gasteiger charge is 2.27. The van der Waals surface area contributed by atoms with Crippen LogP contribution in [-0.2, 0) is 9.53 Å². The lowest BCUT2D eigenvalue weighted by molar-refractivity contribution is -0.130. The minimum atomic E-state index is -0.662. The maximum absolute atomic E-state index is 12.3. The molecule has 1 fully saturated rings. The van der Waals surface area contributed by atoms with Crippen molar-refractivity contribution in [3.05, 3.63) is 54.1 Å². The van der Waals surface area contributed by atoms with E-state index in [9.17, 15) is 14.4 Å². The van der Waals surface area contributed by atoms with Crippen molar-refractivity contribution in [1.29, 1.82) is 0 Å². The Labute approximate surface area is 153 Å². The molecule has 4 rings (SSSR count). The highest BCUT2D eigenvalue weighted by Crippen LogP contribution is 2.29. The van der Waals surface area contributed by atoms with Gasteiger partial charge in [-0.25, -0.2) is 9.59 Å². The number of imide groups is 1. The lowest BCUT2D eigenvalue weighted by Crippen LogP contribution is -2.37. The van der Waals surface area contributed by atoms with Gasteiger partial charge < -0.3 is 14.6 Å². The van der Waals surface area contributed by atoms with Gasteiger partial charge in [0.05, 0.1) is 10.9 Å². The van der Waals surface area contributed by atoms with Gasteiger partial charge in [-0.05, 0) is 18.2 Å². The molecule has 2 heterocycles. The van der Waals surface area contributed by atoms with Crippen molar-refractivity contribution in [2.24, 2.45) is 0 Å². The van der Waals surface area contributed by atoms with Crippen molar-refractivity contribution in [3.63, 3.8) is 0 Å². The summed E-state index contributed by atoms with van der Waals surface area (Å²) < 4.78 is 10.5. The third-order valence-corrected chi connectivity index (χ3v) is 4.23. The van der Waals surface area contributed by atoms with E-state index in [0.29, 0.717) is 23.2 Å². The highest BCUT2D eigenvalue weighted by atomic mass is 16.5. The Kier molecular flexibility index (Phi) is 4.29. The van der Waals surface area contributed by atoms with Crippen molar-refractivity contribution >= 4 is 28.8 Å². The minimum absolute atomic E-state index is 0.265. The Morgan fingerprint density at radius 3 is 2.74 bits per heavy atom. The van der Waals surface area contributed by atoms with Gasteiger partial charge >= 0.3 is 12.0 Å². The van der Waals surface area contributed by atoms with Crippen LogP contribution in [0.1, 0.15) is 10.4 Å². The first-order chi connectivity index (χ1) is 13.1. The Bertz CT molecular complexity index is 1030. The van der Waals surface area contributed by atoms with Crippen LogP contribution < -0.4 is 5.32 Å². The lowest BCUT2D eigenvalue weighted by atomic mass is 10.1. The molecule has 0 atom stereocenters. The second kappa shape index (κ2) is 6.91. The number of esters is 1. The van der Waals surface area contributed by atoms with Crippen LogP contribution >= 0.6 is 0 Å². The monoisotopic (exact) mass is 365 g/mol. The van der Waals surface area contributed by atoms with E-state index in [1.165, 1.54) is 0 Å². The lowest BCUT2D eigenvalue weighted by Gasteiger charge is -2.12. The van der Waals surface area contributed by atoms with Crippen LogP contribution in [0.15, 0.2) is 53.1 Å². The molecule has 1 aliphatic rings. The van der Waals surface area contributed by atoms with Gasteiger partial charge in [0.1, 0.15) is 5.52 Å². The number of urea groups is 1. The zero-order valence-electron chi connectivity index (χ0n) is 14.2. The van der Waals surface area contributed by atoms with Gasteiger partial charge in [-0.15, -0.1) is 0 Å². The highest BCUT2D eigenvalue weighted by molar-refractivity contribution is 6.00. The van der Waals surface area contributed by atoms with Gasteiger partial charge in [0.2, 0.25) is 0 Å². The smallest absolute Gasteiger partial charge is 0.338 e. The number of nitrogens with zero attached hydrogens (tertiary/aromatic N) is 2. The molecule has 136 valence electrons. The molecule has 0 unspecified atom stereocenters. The first kappa shape index (κ1) is 16.8. The predicted molar refractivity (Wildman–Crippen MR) is 94.8 cm³/mol. The summed E-state index contributed by atoms with van der Waals surface area (Å²) in [5.74, 6) is -0.676. The molecule has 0 spiro atoms. The topological polar surface area (TPSA) is 102 Å². The van der Waals surface area contributed by atoms with Gasteiger partial charge in [0, 0.05) is 18.7 Å². The molecule has 1 aromatic heterocycles. The molecular formula is C19H15N3O5. The molecule has 1 N–H and O–H groups in total. The Morgan fingerprint density at radius 2 is 2.00 bits per heavy atom. The first-order valence-electron chi connectivity index (χ1n) is 8.33. The van der Waals surface area contributed by atoms with E-state index < -0.39 is 24.5 Å². The Balaban J connectivity index is 1.52. The number of fused-ring (bicyclic) bond motifs is 1. The van der Waals surface area contributed by atoms with Crippen molar-refractivity contribution < 1.29 is 23.6 Å². The van der Waals surface area contributed by atoms with Crippen molar-refractivity contribution in [2.75, 3.05) is 19.7 Å². The van der Waals surface area contributed by atoms with E-state index in [0.717, 1.165) is 10.5 Å². The quantitative estimate of drug-likeness (QED) is 0.711. The summed E-state index contributed by atoms with van der Waals surface area (Å²) in [6.45, 7) is 0.159. The molecule has 8 heteroatoms. The fourth-order valence-electron chi connectivity index (χ4n) is 2.86. The van der Waals surface area contributed by atoms with Crippen molar-refractivity contribution in [3.8, 4) is 11.3 Å². The van der Waals surface area contributed by atoms with E-state index in [1.807, 2.05) is 30.3 Å². The summed E-state index contributed by atoms with van der Waals surface area (Å²) in [5, 5.41) is 7.18. The van der Waals surface area contributed by atoms with Crippen LogP contribution in [0.5, 0.6) is 0 Å². The van der Waals surface area contributed by atoms with Crippen molar-refractivity contribution in [1.82, 2.24) is 15.4 Å². The standard InChI is InChI=1S/C19H15N3O5/c23-16(22-9-8-20-19(22)25)11-26-18(24)13-6-7-15-14(10-13)17(27-21-15)12-4-2-1-3-5-12/h1-7,10H,8-9,11H2,(H,20,25). The van der Waals surface area contributed by atoms with Crippen LogP contribution in [0.4, 0.5) is 4.79 Å². The fraction of sp³-hybridized carbons (Fsp3) is 0.158. The third-order valence-electron chi connectivity index (χ3n) is 4.23. The number of aromatic nitrogens is 1. The molecular weight excluding hydrogens is 350 g/mol. The molecule has 3 aromatic rings. The van der Waals surface area contributed by atoms with Crippen LogP contribution in [0, 0.1) is 0 Å². The number of benzene rings is 2. The third kappa shape index (κ3) is 3.24. The molecule has 3 amide bonds. The van der Waals surface area contributed by atoms with Crippen LogP contribution in [0.2, 0.25) is 0 Å². The summed E-state index contributed by atoms with van der Waals surface area (Å²) >= 11 is 0. The average Bonchev–Trinajstić information content (AvgIpc) is 3.32.